The number of esters is 1. The van der Waals surface area contributed by atoms with Gasteiger partial charge in [-0.25, -0.2) is 4.79 Å². The lowest BCUT2D eigenvalue weighted by molar-refractivity contribution is -0.144. The number of carbonyl (C=O) groups is 2. The monoisotopic (exact) mass is 312 g/mol. The molecule has 0 heterocycles. The minimum atomic E-state index is -0.750. The number of hydrogen-bond acceptors (Lipinski definition) is 6. The van der Waals surface area contributed by atoms with E-state index in [1.165, 1.54) is 20.2 Å². The molecule has 0 saturated heterocycles. The maximum absolute atomic E-state index is 11.6. The van der Waals surface area contributed by atoms with Gasteiger partial charge in [-0.15, -0.1) is 0 Å². The lowest BCUT2D eigenvalue weighted by Gasteiger charge is -2.15. The van der Waals surface area contributed by atoms with Crippen LogP contribution in [0.2, 0.25) is 0 Å². The molecule has 0 saturated carbocycles. The summed E-state index contributed by atoms with van der Waals surface area (Å²) in [5, 5.41) is 22.6. The van der Waals surface area contributed by atoms with E-state index in [1.807, 2.05) is 0 Å². The summed E-state index contributed by atoms with van der Waals surface area (Å²) in [5.74, 6) is -0.831. The van der Waals surface area contributed by atoms with E-state index in [-0.39, 0.29) is 11.5 Å². The van der Waals surface area contributed by atoms with E-state index in [1.54, 1.807) is 36.4 Å². The summed E-state index contributed by atoms with van der Waals surface area (Å²) in [6.45, 7) is 1.33. The van der Waals surface area contributed by atoms with Crippen molar-refractivity contribution in [2.45, 2.75) is 19.4 Å². The zero-order valence-electron chi connectivity index (χ0n) is 12.8. The minimum absolute atomic E-state index is 0.0366. The zero-order chi connectivity index (χ0) is 17.2. The van der Waals surface area contributed by atoms with E-state index in [0.717, 1.165) is 5.56 Å². The highest BCUT2D eigenvalue weighted by molar-refractivity contribution is 5.83. The van der Waals surface area contributed by atoms with Crippen molar-refractivity contribution in [3.05, 3.63) is 41.6 Å². The number of rotatable bonds is 6. The van der Waals surface area contributed by atoms with Gasteiger partial charge in [0.1, 0.15) is 23.8 Å². The number of methoxy groups -OCH3 is 1. The molecule has 23 heavy (non-hydrogen) atoms. The highest BCUT2D eigenvalue weighted by Gasteiger charge is 2.20. The molecule has 0 radical (unpaired) electrons. The van der Waals surface area contributed by atoms with E-state index in [9.17, 15) is 9.59 Å². The number of carbonyl (C=O) groups excluding carboxylic acids is 2. The van der Waals surface area contributed by atoms with E-state index in [0.29, 0.717) is 12.1 Å². The molecule has 7 heteroatoms. The average Bonchev–Trinajstić information content (AvgIpc) is 2.55. The first-order valence-electron chi connectivity index (χ1n) is 6.71. The molecule has 0 aliphatic carbocycles. The second-order valence-corrected chi connectivity index (χ2v) is 4.60. The second-order valence-electron chi connectivity index (χ2n) is 4.60. The fraction of sp³-hybridized carbons (Fsp3) is 0.250. The highest BCUT2D eigenvalue weighted by Crippen LogP contribution is 2.12. The fourth-order valence-corrected chi connectivity index (χ4v) is 1.80. The summed E-state index contributed by atoms with van der Waals surface area (Å²) < 4.78 is 4.66. The summed E-state index contributed by atoms with van der Waals surface area (Å²) in [6.07, 6.45) is 1.60. The summed E-state index contributed by atoms with van der Waals surface area (Å²) in [5.41, 5.74) is 1.47. The molecule has 1 unspecified atom stereocenters. The van der Waals surface area contributed by atoms with Crippen LogP contribution < -0.4 is 10.6 Å². The smallest absolute Gasteiger partial charge is 0.328 e. The van der Waals surface area contributed by atoms with Crippen LogP contribution in [0.15, 0.2) is 36.0 Å². The number of nitriles is 2. The number of nitrogens with one attached hydrogen (secondary N) is 2. The Kier molecular flexibility index (Phi) is 6.83. The maximum atomic E-state index is 11.6. The molecule has 1 amide bonds. The SMILES string of the molecule is COC(=O)C(Cc1ccc(NC=C(C#N)C#N)cc1)NC(C)=O. The molecule has 0 aliphatic rings. The Labute approximate surface area is 134 Å². The molecule has 1 aromatic carbocycles. The summed E-state index contributed by atoms with van der Waals surface area (Å²) in [4.78, 5) is 22.8. The van der Waals surface area contributed by atoms with Crippen molar-refractivity contribution in [1.29, 1.82) is 10.5 Å². The molecule has 0 spiro atoms. The first kappa shape index (κ1) is 17.7. The zero-order valence-corrected chi connectivity index (χ0v) is 12.8. The van der Waals surface area contributed by atoms with Crippen LogP contribution in [-0.2, 0) is 20.7 Å². The van der Waals surface area contributed by atoms with Crippen molar-refractivity contribution < 1.29 is 14.3 Å². The topological polar surface area (TPSA) is 115 Å². The van der Waals surface area contributed by atoms with Crippen molar-refractivity contribution in [2.24, 2.45) is 0 Å². The van der Waals surface area contributed by atoms with Crippen LogP contribution in [0.4, 0.5) is 5.69 Å². The lowest BCUT2D eigenvalue weighted by atomic mass is 10.1. The van der Waals surface area contributed by atoms with Crippen LogP contribution in [-0.4, -0.2) is 25.0 Å². The standard InChI is InChI=1S/C16H16N4O3/c1-11(21)20-15(16(22)23-2)7-12-3-5-14(6-4-12)19-10-13(8-17)9-18/h3-6,10,15,19H,7H2,1-2H3,(H,20,21). The van der Waals surface area contributed by atoms with Crippen LogP contribution >= 0.6 is 0 Å². The Balaban J connectivity index is 2.77. The summed E-state index contributed by atoms with van der Waals surface area (Å²) in [7, 11) is 1.26. The third kappa shape index (κ3) is 5.90. The molecule has 1 rings (SSSR count). The van der Waals surface area contributed by atoms with Crippen molar-refractivity contribution in [2.75, 3.05) is 12.4 Å². The van der Waals surface area contributed by atoms with Gasteiger partial charge >= 0.3 is 5.97 Å². The molecule has 7 nitrogen and oxygen atoms in total. The van der Waals surface area contributed by atoms with Crippen LogP contribution in [0.5, 0.6) is 0 Å². The molecule has 1 aromatic rings. The van der Waals surface area contributed by atoms with Gasteiger partial charge in [0.05, 0.1) is 7.11 Å². The first-order valence-corrected chi connectivity index (χ1v) is 6.71. The van der Waals surface area contributed by atoms with Gasteiger partial charge in [0, 0.05) is 25.2 Å². The number of ether oxygens (including phenoxy) is 1. The van der Waals surface area contributed by atoms with Gasteiger partial charge < -0.3 is 15.4 Å². The quantitative estimate of drug-likeness (QED) is 0.603. The van der Waals surface area contributed by atoms with E-state index >= 15 is 0 Å². The largest absolute Gasteiger partial charge is 0.467 e. The predicted octanol–water partition coefficient (Wildman–Crippen LogP) is 1.25. The Hall–Kier alpha value is -3.32. The minimum Gasteiger partial charge on any atom is -0.467 e. The van der Waals surface area contributed by atoms with Crippen LogP contribution in [0.3, 0.4) is 0 Å². The number of hydrogen-bond donors (Lipinski definition) is 2. The van der Waals surface area contributed by atoms with Crippen LogP contribution in [0.25, 0.3) is 0 Å². The van der Waals surface area contributed by atoms with Gasteiger partial charge in [-0.1, -0.05) is 12.1 Å². The maximum Gasteiger partial charge on any atom is 0.328 e. The third-order valence-corrected chi connectivity index (χ3v) is 2.88. The number of nitrogens with zero attached hydrogens (tertiary/aromatic N) is 2. The van der Waals surface area contributed by atoms with Crippen molar-refractivity contribution in [1.82, 2.24) is 5.32 Å². The molecule has 118 valence electrons. The second kappa shape index (κ2) is 8.85. The van der Waals surface area contributed by atoms with Gasteiger partial charge in [0.2, 0.25) is 5.91 Å². The Morgan fingerprint density at radius 3 is 2.35 bits per heavy atom. The van der Waals surface area contributed by atoms with E-state index in [4.69, 9.17) is 10.5 Å². The third-order valence-electron chi connectivity index (χ3n) is 2.88. The number of benzene rings is 1. The normalized spacial score (nSPS) is 10.4. The number of amides is 1. The first-order chi connectivity index (χ1) is 11.0. The predicted molar refractivity (Wildman–Crippen MR) is 82.7 cm³/mol. The Morgan fingerprint density at radius 1 is 1.26 bits per heavy atom. The molecular formula is C16H16N4O3. The molecule has 0 aliphatic heterocycles. The van der Waals surface area contributed by atoms with Crippen molar-refractivity contribution >= 4 is 17.6 Å². The van der Waals surface area contributed by atoms with Gasteiger partial charge in [0.15, 0.2) is 0 Å². The highest BCUT2D eigenvalue weighted by atomic mass is 16.5. The van der Waals surface area contributed by atoms with Crippen molar-refractivity contribution in [3.63, 3.8) is 0 Å². The van der Waals surface area contributed by atoms with E-state index < -0.39 is 12.0 Å². The molecule has 1 atom stereocenters. The van der Waals surface area contributed by atoms with Gasteiger partial charge in [-0.05, 0) is 17.7 Å². The van der Waals surface area contributed by atoms with Crippen LogP contribution in [0.1, 0.15) is 12.5 Å². The lowest BCUT2D eigenvalue weighted by Crippen LogP contribution is -2.41. The van der Waals surface area contributed by atoms with E-state index in [2.05, 4.69) is 15.4 Å². The van der Waals surface area contributed by atoms with Gasteiger partial charge in [-0.3, -0.25) is 4.79 Å². The molecule has 0 bridgehead atoms. The average molecular weight is 312 g/mol. The Bertz CT molecular complexity index is 665. The molecular weight excluding hydrogens is 296 g/mol. The number of allylic oxidation sites excluding steroid dienone is 1. The fourth-order valence-electron chi connectivity index (χ4n) is 1.80. The molecule has 0 aromatic heterocycles. The Morgan fingerprint density at radius 2 is 1.87 bits per heavy atom. The summed E-state index contributed by atoms with van der Waals surface area (Å²) in [6, 6.07) is 9.75. The molecule has 0 fully saturated rings. The summed E-state index contributed by atoms with van der Waals surface area (Å²) >= 11 is 0. The van der Waals surface area contributed by atoms with Gasteiger partial charge in [-0.2, -0.15) is 10.5 Å². The molecule has 2 N–H and O–H groups in total. The van der Waals surface area contributed by atoms with Crippen molar-refractivity contribution in [3.8, 4) is 12.1 Å². The number of anilines is 1. The van der Waals surface area contributed by atoms with Crippen LogP contribution in [0, 0.1) is 22.7 Å². The van der Waals surface area contributed by atoms with Gasteiger partial charge in [0.25, 0.3) is 0 Å².